The van der Waals surface area contributed by atoms with Gasteiger partial charge >= 0.3 is 5.97 Å². The van der Waals surface area contributed by atoms with E-state index in [2.05, 4.69) is 10.5 Å². The summed E-state index contributed by atoms with van der Waals surface area (Å²) in [6.07, 6.45) is -1.00. The highest BCUT2D eigenvalue weighted by molar-refractivity contribution is 6.06. The molecule has 1 heterocycles. The Balaban J connectivity index is 1.66. The van der Waals surface area contributed by atoms with Crippen LogP contribution < -0.4 is 5.32 Å². The van der Waals surface area contributed by atoms with Gasteiger partial charge in [0.25, 0.3) is 5.91 Å². The van der Waals surface area contributed by atoms with Crippen LogP contribution in [0.5, 0.6) is 0 Å². The van der Waals surface area contributed by atoms with E-state index in [0.717, 1.165) is 18.2 Å². The zero-order valence-corrected chi connectivity index (χ0v) is 14.4. The molecule has 1 unspecified atom stereocenters. The van der Waals surface area contributed by atoms with Crippen molar-refractivity contribution in [3.63, 3.8) is 0 Å². The maximum atomic E-state index is 13.8. The summed E-state index contributed by atoms with van der Waals surface area (Å²) < 4.78 is 32.1. The molecule has 0 radical (unpaired) electrons. The number of amides is 1. The predicted molar refractivity (Wildman–Crippen MR) is 93.4 cm³/mol. The summed E-state index contributed by atoms with van der Waals surface area (Å²) in [5, 5.41) is 6.30. The number of oxime groups is 1. The Hall–Kier alpha value is -3.29. The summed E-state index contributed by atoms with van der Waals surface area (Å²) in [7, 11) is 0. The van der Waals surface area contributed by atoms with Gasteiger partial charge in [-0.15, -0.1) is 0 Å². The van der Waals surface area contributed by atoms with Gasteiger partial charge in [-0.2, -0.15) is 0 Å². The number of hydrogen-bond acceptors (Lipinski definition) is 5. The third-order valence-corrected chi connectivity index (χ3v) is 3.84. The lowest BCUT2D eigenvalue weighted by Gasteiger charge is -2.10. The van der Waals surface area contributed by atoms with E-state index >= 15 is 0 Å². The lowest BCUT2D eigenvalue weighted by atomic mass is 10.0. The molecule has 1 aliphatic heterocycles. The van der Waals surface area contributed by atoms with Gasteiger partial charge in [0.1, 0.15) is 11.6 Å². The SMILES string of the molecule is CCOC(=O)c1cccc(NC(=O)C2CC(c3cc(F)ccc3F)=NO2)c1. The first-order chi connectivity index (χ1) is 13.0. The fourth-order valence-electron chi connectivity index (χ4n) is 2.56. The molecule has 8 heteroatoms. The zero-order valence-electron chi connectivity index (χ0n) is 14.4. The Morgan fingerprint density at radius 2 is 2.07 bits per heavy atom. The van der Waals surface area contributed by atoms with E-state index in [1.807, 2.05) is 0 Å². The van der Waals surface area contributed by atoms with Crippen LogP contribution in [-0.4, -0.2) is 30.3 Å². The van der Waals surface area contributed by atoms with Crippen LogP contribution in [0.2, 0.25) is 0 Å². The van der Waals surface area contributed by atoms with Crippen LogP contribution in [0.15, 0.2) is 47.6 Å². The van der Waals surface area contributed by atoms with E-state index in [9.17, 15) is 18.4 Å². The molecular formula is C19H16F2N2O4. The van der Waals surface area contributed by atoms with Crippen LogP contribution >= 0.6 is 0 Å². The summed E-state index contributed by atoms with van der Waals surface area (Å²) >= 11 is 0. The first-order valence-corrected chi connectivity index (χ1v) is 8.24. The van der Waals surface area contributed by atoms with Crippen molar-refractivity contribution < 1.29 is 27.9 Å². The highest BCUT2D eigenvalue weighted by Gasteiger charge is 2.30. The van der Waals surface area contributed by atoms with Crippen molar-refractivity contribution in [3.8, 4) is 0 Å². The number of rotatable bonds is 5. The predicted octanol–water partition coefficient (Wildman–Crippen LogP) is 3.27. The Morgan fingerprint density at radius 1 is 1.26 bits per heavy atom. The molecular weight excluding hydrogens is 358 g/mol. The minimum Gasteiger partial charge on any atom is -0.462 e. The number of nitrogens with zero attached hydrogens (tertiary/aromatic N) is 1. The van der Waals surface area contributed by atoms with E-state index in [-0.39, 0.29) is 24.3 Å². The highest BCUT2D eigenvalue weighted by atomic mass is 19.1. The van der Waals surface area contributed by atoms with Gasteiger partial charge in [-0.3, -0.25) is 4.79 Å². The van der Waals surface area contributed by atoms with Crippen LogP contribution in [0.25, 0.3) is 0 Å². The van der Waals surface area contributed by atoms with E-state index in [0.29, 0.717) is 11.3 Å². The lowest BCUT2D eigenvalue weighted by Crippen LogP contribution is -2.28. The van der Waals surface area contributed by atoms with Gasteiger partial charge in [-0.25, -0.2) is 13.6 Å². The smallest absolute Gasteiger partial charge is 0.338 e. The first-order valence-electron chi connectivity index (χ1n) is 8.24. The van der Waals surface area contributed by atoms with Gasteiger partial charge in [0.05, 0.1) is 17.9 Å². The van der Waals surface area contributed by atoms with Crippen molar-refractivity contribution in [2.75, 3.05) is 11.9 Å². The van der Waals surface area contributed by atoms with Crippen LogP contribution in [0.3, 0.4) is 0 Å². The number of carbonyl (C=O) groups is 2. The molecule has 0 spiro atoms. The molecule has 3 rings (SSSR count). The second-order valence-corrected chi connectivity index (χ2v) is 5.75. The van der Waals surface area contributed by atoms with Crippen LogP contribution in [0, 0.1) is 11.6 Å². The maximum absolute atomic E-state index is 13.8. The van der Waals surface area contributed by atoms with Gasteiger partial charge in [0, 0.05) is 17.7 Å². The number of carbonyl (C=O) groups excluding carboxylic acids is 2. The fraction of sp³-hybridized carbons (Fsp3) is 0.211. The average Bonchev–Trinajstić information content (AvgIpc) is 3.14. The molecule has 0 fully saturated rings. The third kappa shape index (κ3) is 4.28. The Morgan fingerprint density at radius 3 is 2.85 bits per heavy atom. The van der Waals surface area contributed by atoms with Crippen molar-refractivity contribution in [3.05, 3.63) is 65.2 Å². The molecule has 2 aromatic rings. The van der Waals surface area contributed by atoms with Gasteiger partial charge in [0.15, 0.2) is 0 Å². The van der Waals surface area contributed by atoms with Gasteiger partial charge < -0.3 is 14.9 Å². The zero-order chi connectivity index (χ0) is 19.4. The molecule has 1 aliphatic rings. The average molecular weight is 374 g/mol. The topological polar surface area (TPSA) is 77.0 Å². The molecule has 0 saturated carbocycles. The molecule has 1 N–H and O–H groups in total. The second-order valence-electron chi connectivity index (χ2n) is 5.75. The molecule has 2 aromatic carbocycles. The van der Waals surface area contributed by atoms with Crippen LogP contribution in [-0.2, 0) is 14.4 Å². The Labute approximate surface area is 153 Å². The summed E-state index contributed by atoms with van der Waals surface area (Å²) in [5.74, 6) is -2.29. The maximum Gasteiger partial charge on any atom is 0.338 e. The summed E-state index contributed by atoms with van der Waals surface area (Å²) in [6.45, 7) is 1.93. The molecule has 140 valence electrons. The molecule has 0 aliphatic carbocycles. The van der Waals surface area contributed by atoms with Gasteiger partial charge in [0.2, 0.25) is 6.10 Å². The second kappa shape index (κ2) is 7.94. The number of esters is 1. The quantitative estimate of drug-likeness (QED) is 0.815. The van der Waals surface area contributed by atoms with Crippen LogP contribution in [0.1, 0.15) is 29.3 Å². The molecule has 1 atom stereocenters. The molecule has 0 aromatic heterocycles. The van der Waals surface area contributed by atoms with E-state index in [4.69, 9.17) is 9.57 Å². The van der Waals surface area contributed by atoms with Crippen molar-refractivity contribution in [2.24, 2.45) is 5.16 Å². The van der Waals surface area contributed by atoms with E-state index in [1.165, 1.54) is 6.07 Å². The minimum atomic E-state index is -0.992. The fourth-order valence-corrected chi connectivity index (χ4v) is 2.56. The van der Waals surface area contributed by atoms with Crippen molar-refractivity contribution >= 4 is 23.3 Å². The number of hydrogen-bond donors (Lipinski definition) is 1. The lowest BCUT2D eigenvalue weighted by molar-refractivity contribution is -0.125. The van der Waals surface area contributed by atoms with E-state index < -0.39 is 29.6 Å². The summed E-state index contributed by atoms with van der Waals surface area (Å²) in [6, 6.07) is 9.22. The summed E-state index contributed by atoms with van der Waals surface area (Å²) in [4.78, 5) is 29.2. The minimum absolute atomic E-state index is 0.0101. The number of ether oxygens (including phenoxy) is 1. The Bertz CT molecular complexity index is 914. The number of halogens is 2. The number of nitrogens with one attached hydrogen (secondary N) is 1. The third-order valence-electron chi connectivity index (χ3n) is 3.84. The molecule has 0 saturated heterocycles. The highest BCUT2D eigenvalue weighted by Crippen LogP contribution is 2.21. The molecule has 6 nitrogen and oxygen atoms in total. The van der Waals surface area contributed by atoms with Crippen molar-refractivity contribution in [1.29, 1.82) is 0 Å². The number of anilines is 1. The first kappa shape index (κ1) is 18.5. The van der Waals surface area contributed by atoms with Crippen molar-refractivity contribution in [1.82, 2.24) is 0 Å². The monoisotopic (exact) mass is 374 g/mol. The Kier molecular flexibility index (Phi) is 5.44. The normalized spacial score (nSPS) is 15.7. The standard InChI is InChI=1S/C19H16F2N2O4/c1-2-26-19(25)11-4-3-5-13(8-11)22-18(24)17-10-16(23-27-17)14-9-12(20)6-7-15(14)21/h3-9,17H,2,10H2,1H3,(H,22,24). The molecule has 27 heavy (non-hydrogen) atoms. The molecule has 0 bridgehead atoms. The van der Waals surface area contributed by atoms with Gasteiger partial charge in [-0.05, 0) is 43.3 Å². The van der Waals surface area contributed by atoms with Crippen molar-refractivity contribution in [2.45, 2.75) is 19.4 Å². The van der Waals surface area contributed by atoms with E-state index in [1.54, 1.807) is 25.1 Å². The number of benzene rings is 2. The van der Waals surface area contributed by atoms with Crippen LogP contribution in [0.4, 0.5) is 14.5 Å². The largest absolute Gasteiger partial charge is 0.462 e. The van der Waals surface area contributed by atoms with Gasteiger partial charge in [-0.1, -0.05) is 11.2 Å². The summed E-state index contributed by atoms with van der Waals surface area (Å²) in [5.41, 5.74) is 0.766. The molecule has 1 amide bonds.